The van der Waals surface area contributed by atoms with Gasteiger partial charge in [-0.15, -0.1) is 11.8 Å². The minimum atomic E-state index is -0.820. The van der Waals surface area contributed by atoms with Crippen LogP contribution < -0.4 is 0 Å². The number of carboxylic acids is 1. The highest BCUT2D eigenvalue weighted by molar-refractivity contribution is 7.99. The summed E-state index contributed by atoms with van der Waals surface area (Å²) >= 11 is 7.10. The van der Waals surface area contributed by atoms with Crippen molar-refractivity contribution in [1.82, 2.24) is 10.1 Å². The summed E-state index contributed by atoms with van der Waals surface area (Å²) in [5.41, 5.74) is 0.781. The second-order valence-corrected chi connectivity index (χ2v) is 5.70. The fourth-order valence-corrected chi connectivity index (χ4v) is 2.53. The zero-order chi connectivity index (χ0) is 14.5. The van der Waals surface area contributed by atoms with Crippen LogP contribution in [0.5, 0.6) is 0 Å². The van der Waals surface area contributed by atoms with Crippen LogP contribution in [0.1, 0.15) is 19.2 Å². The molecular formula is C13H13ClN2O3S. The Morgan fingerprint density at radius 1 is 1.45 bits per heavy atom. The number of hydrogen-bond acceptors (Lipinski definition) is 5. The second-order valence-electron chi connectivity index (χ2n) is 4.07. The first-order valence-corrected chi connectivity index (χ1v) is 7.45. The highest BCUT2D eigenvalue weighted by Crippen LogP contribution is 2.23. The number of aromatic nitrogens is 2. The SMILES string of the molecule is CCC(SCc1noc(-c2ccc(Cl)cc2)n1)C(=O)O. The lowest BCUT2D eigenvalue weighted by atomic mass is 10.2. The molecule has 0 radical (unpaired) electrons. The van der Waals surface area contributed by atoms with E-state index in [0.29, 0.717) is 28.9 Å². The van der Waals surface area contributed by atoms with Gasteiger partial charge < -0.3 is 9.63 Å². The second kappa shape index (κ2) is 6.76. The quantitative estimate of drug-likeness (QED) is 0.880. The van der Waals surface area contributed by atoms with Crippen molar-refractivity contribution in [3.8, 4) is 11.5 Å². The first-order chi connectivity index (χ1) is 9.60. The molecule has 1 aromatic heterocycles. The predicted octanol–water partition coefficient (Wildman–Crippen LogP) is 3.49. The van der Waals surface area contributed by atoms with E-state index in [0.717, 1.165) is 5.56 Å². The Bertz CT molecular complexity index is 586. The van der Waals surface area contributed by atoms with Gasteiger partial charge in [-0.3, -0.25) is 4.79 Å². The van der Waals surface area contributed by atoms with Crippen molar-refractivity contribution in [1.29, 1.82) is 0 Å². The predicted molar refractivity (Wildman–Crippen MR) is 77.8 cm³/mol. The van der Waals surface area contributed by atoms with Gasteiger partial charge in [0.15, 0.2) is 5.82 Å². The maximum Gasteiger partial charge on any atom is 0.316 e. The molecular weight excluding hydrogens is 300 g/mol. The fourth-order valence-electron chi connectivity index (χ4n) is 1.56. The van der Waals surface area contributed by atoms with Crippen molar-refractivity contribution >= 4 is 29.3 Å². The highest BCUT2D eigenvalue weighted by Gasteiger charge is 2.17. The summed E-state index contributed by atoms with van der Waals surface area (Å²) in [5.74, 6) is 0.473. The Labute approximate surface area is 125 Å². The van der Waals surface area contributed by atoms with E-state index in [1.807, 2.05) is 6.92 Å². The van der Waals surface area contributed by atoms with Crippen molar-refractivity contribution in [2.24, 2.45) is 0 Å². The van der Waals surface area contributed by atoms with Gasteiger partial charge in [0.25, 0.3) is 5.89 Å². The molecule has 1 atom stereocenters. The van der Waals surface area contributed by atoms with Crippen molar-refractivity contribution in [3.05, 3.63) is 35.1 Å². The highest BCUT2D eigenvalue weighted by atomic mass is 35.5. The standard InChI is InChI=1S/C13H13ClN2O3S/c1-2-10(13(17)18)20-7-11-15-12(19-16-11)8-3-5-9(14)6-4-8/h3-6,10H,2,7H2,1H3,(H,17,18). The molecule has 0 aliphatic carbocycles. The molecule has 7 heteroatoms. The lowest BCUT2D eigenvalue weighted by Crippen LogP contribution is -2.15. The molecule has 1 N–H and O–H groups in total. The zero-order valence-corrected chi connectivity index (χ0v) is 12.3. The molecule has 1 unspecified atom stereocenters. The Balaban J connectivity index is 2.02. The molecule has 0 bridgehead atoms. The molecule has 0 fully saturated rings. The summed E-state index contributed by atoms with van der Waals surface area (Å²) in [7, 11) is 0. The van der Waals surface area contributed by atoms with Gasteiger partial charge in [0.2, 0.25) is 0 Å². The summed E-state index contributed by atoms with van der Waals surface area (Å²) in [6.07, 6.45) is 0.557. The number of carboxylic acid groups (broad SMARTS) is 1. The first-order valence-electron chi connectivity index (χ1n) is 6.03. The summed E-state index contributed by atoms with van der Waals surface area (Å²) in [5, 5.41) is 13.0. The Morgan fingerprint density at radius 3 is 2.75 bits per heavy atom. The van der Waals surface area contributed by atoms with Crippen LogP contribution in [0.3, 0.4) is 0 Å². The molecule has 20 heavy (non-hydrogen) atoms. The van der Waals surface area contributed by atoms with Crippen LogP contribution >= 0.6 is 23.4 Å². The molecule has 106 valence electrons. The Morgan fingerprint density at radius 2 is 2.15 bits per heavy atom. The van der Waals surface area contributed by atoms with Gasteiger partial charge in [-0.1, -0.05) is 23.7 Å². The van der Waals surface area contributed by atoms with Crippen molar-refractivity contribution in [3.63, 3.8) is 0 Å². The normalized spacial score (nSPS) is 12.3. The molecule has 1 heterocycles. The number of hydrogen-bond donors (Lipinski definition) is 1. The number of nitrogens with zero attached hydrogens (tertiary/aromatic N) is 2. The van der Waals surface area contributed by atoms with Crippen LogP contribution in [0.4, 0.5) is 0 Å². The number of aliphatic carboxylic acids is 1. The van der Waals surface area contributed by atoms with E-state index in [9.17, 15) is 4.79 Å². The number of carbonyl (C=O) groups is 1. The molecule has 0 saturated carbocycles. The fraction of sp³-hybridized carbons (Fsp3) is 0.308. The van der Waals surface area contributed by atoms with Gasteiger partial charge in [0.05, 0.1) is 5.75 Å². The van der Waals surface area contributed by atoms with Crippen molar-refractivity contribution in [2.45, 2.75) is 24.3 Å². The molecule has 0 aliphatic heterocycles. The third-order valence-corrected chi connectivity index (χ3v) is 4.23. The molecule has 2 rings (SSSR count). The third-order valence-electron chi connectivity index (χ3n) is 2.62. The van der Waals surface area contributed by atoms with Crippen molar-refractivity contribution in [2.75, 3.05) is 0 Å². The smallest absolute Gasteiger partial charge is 0.316 e. The summed E-state index contributed by atoms with van der Waals surface area (Å²) in [6, 6.07) is 7.07. The maximum absolute atomic E-state index is 10.9. The van der Waals surface area contributed by atoms with Gasteiger partial charge in [-0.25, -0.2) is 0 Å². The Kier molecular flexibility index (Phi) is 5.03. The maximum atomic E-state index is 10.9. The first kappa shape index (κ1) is 14.9. The number of thioether (sulfide) groups is 1. The van der Waals surface area contributed by atoms with Crippen LogP contribution in [0.15, 0.2) is 28.8 Å². The minimum absolute atomic E-state index is 0.403. The lowest BCUT2D eigenvalue weighted by molar-refractivity contribution is -0.136. The average molecular weight is 313 g/mol. The van der Waals surface area contributed by atoms with Gasteiger partial charge in [-0.05, 0) is 30.7 Å². The summed E-state index contributed by atoms with van der Waals surface area (Å²) in [4.78, 5) is 15.2. The molecule has 5 nitrogen and oxygen atoms in total. The van der Waals surface area contributed by atoms with E-state index in [4.69, 9.17) is 21.2 Å². The largest absolute Gasteiger partial charge is 0.480 e. The van der Waals surface area contributed by atoms with E-state index >= 15 is 0 Å². The van der Waals surface area contributed by atoms with Gasteiger partial charge in [0.1, 0.15) is 5.25 Å². The minimum Gasteiger partial charge on any atom is -0.480 e. The average Bonchev–Trinajstić information content (AvgIpc) is 2.89. The van der Waals surface area contributed by atoms with E-state index in [-0.39, 0.29) is 0 Å². The molecule has 0 amide bonds. The van der Waals surface area contributed by atoms with Gasteiger partial charge in [0, 0.05) is 10.6 Å². The van der Waals surface area contributed by atoms with Gasteiger partial charge >= 0.3 is 5.97 Å². The zero-order valence-electron chi connectivity index (χ0n) is 10.7. The van der Waals surface area contributed by atoms with Crippen LogP contribution in [0.2, 0.25) is 5.02 Å². The number of benzene rings is 1. The van der Waals surface area contributed by atoms with Crippen LogP contribution in [0, 0.1) is 0 Å². The molecule has 1 aromatic carbocycles. The topological polar surface area (TPSA) is 76.2 Å². The molecule has 0 saturated heterocycles. The van der Waals surface area contributed by atoms with E-state index in [1.54, 1.807) is 24.3 Å². The molecule has 0 aliphatic rings. The molecule has 0 spiro atoms. The van der Waals surface area contributed by atoms with Crippen LogP contribution in [0.25, 0.3) is 11.5 Å². The van der Waals surface area contributed by atoms with E-state index in [1.165, 1.54) is 11.8 Å². The number of rotatable bonds is 6. The molecule has 2 aromatic rings. The lowest BCUT2D eigenvalue weighted by Gasteiger charge is -2.06. The summed E-state index contributed by atoms with van der Waals surface area (Å²) < 4.78 is 5.15. The van der Waals surface area contributed by atoms with Gasteiger partial charge in [-0.2, -0.15) is 4.98 Å². The van der Waals surface area contributed by atoms with E-state index < -0.39 is 11.2 Å². The van der Waals surface area contributed by atoms with Crippen LogP contribution in [-0.2, 0) is 10.5 Å². The van der Waals surface area contributed by atoms with E-state index in [2.05, 4.69) is 10.1 Å². The monoisotopic (exact) mass is 312 g/mol. The Hall–Kier alpha value is -1.53. The number of halogens is 1. The third kappa shape index (κ3) is 3.74. The van der Waals surface area contributed by atoms with Crippen LogP contribution in [-0.4, -0.2) is 26.5 Å². The summed E-state index contributed by atoms with van der Waals surface area (Å²) in [6.45, 7) is 1.83. The van der Waals surface area contributed by atoms with Crippen molar-refractivity contribution < 1.29 is 14.4 Å².